The lowest BCUT2D eigenvalue weighted by molar-refractivity contribution is -0.119. The summed E-state index contributed by atoms with van der Waals surface area (Å²) in [4.78, 5) is 30.2. The highest BCUT2D eigenvalue weighted by Gasteiger charge is 2.28. The molecule has 1 unspecified atom stereocenters. The summed E-state index contributed by atoms with van der Waals surface area (Å²) < 4.78 is 11.2. The summed E-state index contributed by atoms with van der Waals surface area (Å²) in [5.74, 6) is 1.26. The van der Waals surface area contributed by atoms with Gasteiger partial charge in [-0.05, 0) is 25.2 Å². The van der Waals surface area contributed by atoms with Crippen LogP contribution < -0.4 is 25.4 Å². The lowest BCUT2D eigenvalue weighted by atomic mass is 9.81. The van der Waals surface area contributed by atoms with Crippen molar-refractivity contribution in [1.82, 2.24) is 35.9 Å². The Labute approximate surface area is 283 Å². The predicted molar refractivity (Wildman–Crippen MR) is 180 cm³/mol. The molecule has 3 heterocycles. The maximum atomic E-state index is 11.5. The van der Waals surface area contributed by atoms with Gasteiger partial charge in [0.25, 0.3) is 0 Å². The number of rotatable bonds is 13. The molecule has 1 amide bonds. The van der Waals surface area contributed by atoms with Crippen LogP contribution in [0, 0.1) is 5.92 Å². The molecule has 13 heteroatoms. The quantitative estimate of drug-likeness (QED) is 0.156. The van der Waals surface area contributed by atoms with E-state index in [1.807, 2.05) is 36.4 Å². The van der Waals surface area contributed by atoms with E-state index in [9.17, 15) is 9.90 Å². The first-order valence-corrected chi connectivity index (χ1v) is 16.4. The first kappa shape index (κ1) is 33.0. The Hall–Kier alpha value is -3.87. The number of nitrogens with zero attached hydrogens (tertiary/aromatic N) is 4. The van der Waals surface area contributed by atoms with Crippen LogP contribution in [0.5, 0.6) is 11.8 Å². The lowest BCUT2D eigenvalue weighted by Crippen LogP contribution is -2.42. The van der Waals surface area contributed by atoms with Crippen LogP contribution in [0.1, 0.15) is 37.1 Å². The zero-order chi connectivity index (χ0) is 32.9. The highest BCUT2D eigenvalue weighted by molar-refractivity contribution is 6.39. The van der Waals surface area contributed by atoms with Crippen LogP contribution in [0.3, 0.4) is 0 Å². The number of amides is 1. The number of benzene rings is 2. The molecule has 1 atom stereocenters. The third-order valence-corrected chi connectivity index (χ3v) is 9.48. The lowest BCUT2D eigenvalue weighted by Gasteiger charge is -2.34. The van der Waals surface area contributed by atoms with Crippen LogP contribution in [0.25, 0.3) is 33.6 Å². The molecule has 2 aromatic heterocycles. The monoisotopic (exact) mass is 677 g/mol. The molecule has 2 aliphatic rings. The largest absolute Gasteiger partial charge is 0.480 e. The fourth-order valence-corrected chi connectivity index (χ4v) is 6.64. The Bertz CT molecular complexity index is 1750. The molecule has 1 aliphatic carbocycles. The molecule has 1 saturated carbocycles. The summed E-state index contributed by atoms with van der Waals surface area (Å²) in [6.45, 7) is 1.82. The molecule has 1 aliphatic heterocycles. The Morgan fingerprint density at radius 1 is 0.872 bits per heavy atom. The fourth-order valence-electron chi connectivity index (χ4n) is 5.99. The van der Waals surface area contributed by atoms with Crippen molar-refractivity contribution in [3.8, 4) is 45.4 Å². The number of ether oxygens (including phenoxy) is 2. The van der Waals surface area contributed by atoms with Crippen LogP contribution >= 0.6 is 23.2 Å². The first-order valence-electron chi connectivity index (χ1n) is 15.6. The van der Waals surface area contributed by atoms with E-state index < -0.39 is 0 Å². The zero-order valence-corrected chi connectivity index (χ0v) is 27.7. The Morgan fingerprint density at radius 2 is 1.43 bits per heavy atom. The standard InChI is InChI=1S/C34H37Cl2N7O4/c1-46-33-28(14-37-13-20-9-10-30(45)41-20)39-15-26(42-33)24-7-3-5-22(31(24)35)23-6-4-8-25(32(23)36)27-16-40-29(34(43-27)47-2)17-38-21-11-19(12-21)18-44/h3-8,15-16,19-21,37-38,44H,9-14,17-18H2,1-2H3,(H,41,45). The Kier molecular flexibility index (Phi) is 10.5. The zero-order valence-electron chi connectivity index (χ0n) is 26.2. The minimum absolute atomic E-state index is 0.0831. The fraction of sp³-hybridized carbons (Fsp3) is 0.382. The molecule has 0 radical (unpaired) electrons. The number of aromatic nitrogens is 4. The van der Waals surface area contributed by atoms with E-state index in [1.54, 1.807) is 26.6 Å². The number of hydrogen-bond acceptors (Lipinski definition) is 10. The summed E-state index contributed by atoms with van der Waals surface area (Å²) >= 11 is 14.1. The van der Waals surface area contributed by atoms with Crippen molar-refractivity contribution in [3.63, 3.8) is 0 Å². The maximum absolute atomic E-state index is 11.5. The Balaban J connectivity index is 1.21. The van der Waals surface area contributed by atoms with E-state index in [0.29, 0.717) is 93.7 Å². The highest BCUT2D eigenvalue weighted by Crippen LogP contribution is 2.42. The van der Waals surface area contributed by atoms with Gasteiger partial charge in [0.1, 0.15) is 11.4 Å². The normalized spacial score (nSPS) is 18.9. The van der Waals surface area contributed by atoms with Crippen molar-refractivity contribution in [2.45, 2.75) is 50.9 Å². The van der Waals surface area contributed by atoms with E-state index in [4.69, 9.17) is 42.6 Å². The third kappa shape index (κ3) is 7.34. The molecule has 4 N–H and O–H groups in total. The molecular formula is C34H37Cl2N7O4. The van der Waals surface area contributed by atoms with Gasteiger partial charge in [0.2, 0.25) is 17.7 Å². The van der Waals surface area contributed by atoms with Crippen LogP contribution in [-0.4, -0.2) is 70.4 Å². The first-order chi connectivity index (χ1) is 22.9. The molecule has 11 nitrogen and oxygen atoms in total. The van der Waals surface area contributed by atoms with Gasteiger partial charge in [-0.25, -0.2) is 9.97 Å². The average Bonchev–Trinajstić information content (AvgIpc) is 3.49. The summed E-state index contributed by atoms with van der Waals surface area (Å²) in [7, 11) is 3.13. The average molecular weight is 679 g/mol. The van der Waals surface area contributed by atoms with E-state index in [0.717, 1.165) is 30.4 Å². The molecule has 4 aromatic rings. The van der Waals surface area contributed by atoms with Gasteiger partial charge in [-0.15, -0.1) is 0 Å². The summed E-state index contributed by atoms with van der Waals surface area (Å²) in [5.41, 5.74) is 5.31. The minimum Gasteiger partial charge on any atom is -0.480 e. The molecule has 6 rings (SSSR count). The van der Waals surface area contributed by atoms with E-state index in [2.05, 4.69) is 25.9 Å². The van der Waals surface area contributed by atoms with Gasteiger partial charge >= 0.3 is 0 Å². The molecule has 2 aromatic carbocycles. The SMILES string of the molecule is COc1nc(-c2cccc(-c3cccc(-c4cnc(CNC5CC(CO)C5)c(OC)n4)c3Cl)c2Cl)cnc1CNCC1CCC(=O)N1. The number of carbonyl (C=O) groups is 1. The van der Waals surface area contributed by atoms with Gasteiger partial charge in [0.15, 0.2) is 0 Å². The number of hydrogen-bond donors (Lipinski definition) is 4. The van der Waals surface area contributed by atoms with Gasteiger partial charge in [0.05, 0.1) is 48.0 Å². The van der Waals surface area contributed by atoms with Gasteiger partial charge in [-0.2, -0.15) is 0 Å². The van der Waals surface area contributed by atoms with Crippen molar-refractivity contribution in [3.05, 3.63) is 70.2 Å². The molecule has 1 saturated heterocycles. The summed E-state index contributed by atoms with van der Waals surface area (Å²) in [6, 6.07) is 11.8. The highest BCUT2D eigenvalue weighted by atomic mass is 35.5. The number of methoxy groups -OCH3 is 2. The van der Waals surface area contributed by atoms with Crippen molar-refractivity contribution in [2.24, 2.45) is 5.92 Å². The van der Waals surface area contributed by atoms with Crippen LogP contribution in [-0.2, 0) is 17.9 Å². The smallest absolute Gasteiger partial charge is 0.237 e. The second kappa shape index (κ2) is 14.9. The summed E-state index contributed by atoms with van der Waals surface area (Å²) in [5, 5.41) is 20.0. The Morgan fingerprint density at radius 3 is 1.94 bits per heavy atom. The summed E-state index contributed by atoms with van der Waals surface area (Å²) in [6.07, 6.45) is 6.64. The molecule has 246 valence electrons. The molecule has 0 bridgehead atoms. The maximum Gasteiger partial charge on any atom is 0.237 e. The number of halogens is 2. The minimum atomic E-state index is 0.0831. The third-order valence-electron chi connectivity index (χ3n) is 8.67. The van der Waals surface area contributed by atoms with Gasteiger partial charge in [-0.1, -0.05) is 59.6 Å². The topological polar surface area (TPSA) is 143 Å². The van der Waals surface area contributed by atoms with E-state index in [1.165, 1.54) is 0 Å². The van der Waals surface area contributed by atoms with Gasteiger partial charge in [-0.3, -0.25) is 14.8 Å². The van der Waals surface area contributed by atoms with Crippen LogP contribution in [0.15, 0.2) is 48.8 Å². The molecule has 2 fully saturated rings. The van der Waals surface area contributed by atoms with Gasteiger partial charge < -0.3 is 30.5 Å². The second-order valence-electron chi connectivity index (χ2n) is 11.8. The van der Waals surface area contributed by atoms with E-state index in [-0.39, 0.29) is 18.6 Å². The van der Waals surface area contributed by atoms with Crippen LogP contribution in [0.4, 0.5) is 0 Å². The van der Waals surface area contributed by atoms with Crippen LogP contribution in [0.2, 0.25) is 10.0 Å². The van der Waals surface area contributed by atoms with Gasteiger partial charge in [0, 0.05) is 67.0 Å². The van der Waals surface area contributed by atoms with Crippen molar-refractivity contribution in [1.29, 1.82) is 0 Å². The predicted octanol–water partition coefficient (Wildman–Crippen LogP) is 4.82. The number of nitrogens with one attached hydrogen (secondary N) is 3. The molecule has 0 spiro atoms. The number of carbonyl (C=O) groups excluding carboxylic acids is 1. The van der Waals surface area contributed by atoms with E-state index >= 15 is 0 Å². The van der Waals surface area contributed by atoms with Crippen molar-refractivity contribution in [2.75, 3.05) is 27.4 Å². The van der Waals surface area contributed by atoms with Crippen molar-refractivity contribution < 1.29 is 19.4 Å². The van der Waals surface area contributed by atoms with Crippen molar-refractivity contribution >= 4 is 29.1 Å². The number of aliphatic hydroxyl groups is 1. The molecular weight excluding hydrogens is 641 g/mol. The number of aliphatic hydroxyl groups excluding tert-OH is 1. The second-order valence-corrected chi connectivity index (χ2v) is 12.5. The molecule has 47 heavy (non-hydrogen) atoms.